The molecule has 2 heterocycles. The average Bonchev–Trinajstić information content (AvgIpc) is 3.35. The Labute approximate surface area is 417 Å². The van der Waals surface area contributed by atoms with Gasteiger partial charge in [-0.05, 0) is 89.9 Å². The Morgan fingerprint density at radius 2 is 0.914 bits per heavy atom. The summed E-state index contributed by atoms with van der Waals surface area (Å²) >= 11 is 0. The molecule has 0 amide bonds. The van der Waals surface area contributed by atoms with E-state index in [9.17, 15) is 45.3 Å². The fourth-order valence-electron chi connectivity index (χ4n) is 7.07. The fraction of sp³-hybridized carbons (Fsp3) is 0.636. The number of ether oxygens (including phenoxy) is 6. The molecule has 0 aromatic rings. The minimum Gasteiger partial charge on any atom is -0.462 e. The number of hydrogen-bond acceptors (Lipinski definition) is 15. The van der Waals surface area contributed by atoms with Gasteiger partial charge in [-0.3, -0.25) is 9.59 Å². The smallest absolute Gasteiger partial charge is 0.306 e. The molecule has 4 unspecified atom stereocenters. The Balaban J connectivity index is 1.87. The molecule has 15 heteroatoms. The van der Waals surface area contributed by atoms with Crippen molar-refractivity contribution < 1.29 is 73.8 Å². The second-order valence-electron chi connectivity index (χ2n) is 17.3. The molecular formula is C55H86O15. The minimum absolute atomic E-state index is 0.0255. The normalized spacial score (nSPS) is 26.3. The monoisotopic (exact) mass is 987 g/mol. The molecule has 0 saturated carbocycles. The van der Waals surface area contributed by atoms with Crippen molar-refractivity contribution in [1.29, 1.82) is 0 Å². The molecule has 396 valence electrons. The van der Waals surface area contributed by atoms with Crippen LogP contribution in [0.25, 0.3) is 0 Å². The lowest BCUT2D eigenvalue weighted by Gasteiger charge is -2.42. The Kier molecular flexibility index (Phi) is 36.2. The van der Waals surface area contributed by atoms with Crippen LogP contribution in [0.2, 0.25) is 0 Å². The fourth-order valence-corrected chi connectivity index (χ4v) is 7.07. The summed E-state index contributed by atoms with van der Waals surface area (Å²) in [5.41, 5.74) is 0. The molecule has 0 aromatic carbocycles. The number of aliphatic hydroxyl groups is 7. The zero-order chi connectivity index (χ0) is 51.0. The average molecular weight is 987 g/mol. The maximum absolute atomic E-state index is 13.0. The number of hydrogen-bond donors (Lipinski definition) is 7. The van der Waals surface area contributed by atoms with Crippen molar-refractivity contribution >= 4 is 11.9 Å². The first-order valence-corrected chi connectivity index (χ1v) is 25.5. The van der Waals surface area contributed by atoms with Crippen LogP contribution in [0.3, 0.4) is 0 Å². The van der Waals surface area contributed by atoms with E-state index in [4.69, 9.17) is 28.4 Å². The van der Waals surface area contributed by atoms with Gasteiger partial charge in [-0.15, -0.1) is 0 Å². The highest BCUT2D eigenvalue weighted by molar-refractivity contribution is 5.70. The largest absolute Gasteiger partial charge is 0.462 e. The van der Waals surface area contributed by atoms with Gasteiger partial charge in [0, 0.05) is 12.8 Å². The van der Waals surface area contributed by atoms with Gasteiger partial charge in [0.1, 0.15) is 55.4 Å². The van der Waals surface area contributed by atoms with E-state index in [1.165, 1.54) is 19.3 Å². The first-order valence-electron chi connectivity index (χ1n) is 25.5. The lowest BCUT2D eigenvalue weighted by Crippen LogP contribution is -2.61. The highest BCUT2D eigenvalue weighted by Crippen LogP contribution is 2.26. The van der Waals surface area contributed by atoms with Crippen LogP contribution in [0.1, 0.15) is 129 Å². The summed E-state index contributed by atoms with van der Waals surface area (Å²) in [6.07, 6.45) is 35.6. The van der Waals surface area contributed by atoms with E-state index in [0.29, 0.717) is 19.3 Å². The molecule has 7 N–H and O–H groups in total. The lowest BCUT2D eigenvalue weighted by atomic mass is 9.98. The van der Waals surface area contributed by atoms with E-state index in [1.807, 2.05) is 18.2 Å². The van der Waals surface area contributed by atoms with Gasteiger partial charge in [0.05, 0.1) is 19.8 Å². The molecule has 15 nitrogen and oxygen atoms in total. The van der Waals surface area contributed by atoms with Crippen molar-refractivity contribution in [2.45, 2.75) is 197 Å². The van der Waals surface area contributed by atoms with Crippen LogP contribution in [0.4, 0.5) is 0 Å². The maximum Gasteiger partial charge on any atom is 0.306 e. The first kappa shape index (κ1) is 62.3. The van der Waals surface area contributed by atoms with Crippen LogP contribution in [0, 0.1) is 0 Å². The minimum atomic E-state index is -1.79. The zero-order valence-electron chi connectivity index (χ0n) is 41.7. The lowest BCUT2D eigenvalue weighted by molar-refractivity contribution is -0.332. The van der Waals surface area contributed by atoms with Crippen LogP contribution in [0.15, 0.2) is 109 Å². The van der Waals surface area contributed by atoms with E-state index in [1.54, 1.807) is 0 Å². The summed E-state index contributed by atoms with van der Waals surface area (Å²) < 4.78 is 33.4. The van der Waals surface area contributed by atoms with Crippen molar-refractivity contribution in [3.8, 4) is 0 Å². The van der Waals surface area contributed by atoms with E-state index >= 15 is 0 Å². The maximum atomic E-state index is 13.0. The molecule has 70 heavy (non-hydrogen) atoms. The van der Waals surface area contributed by atoms with Gasteiger partial charge in [-0.25, -0.2) is 0 Å². The third-order valence-corrected chi connectivity index (χ3v) is 11.2. The van der Waals surface area contributed by atoms with Crippen molar-refractivity contribution in [2.75, 3.05) is 26.4 Å². The van der Waals surface area contributed by atoms with E-state index in [0.717, 1.165) is 64.2 Å². The van der Waals surface area contributed by atoms with Crippen LogP contribution in [-0.2, 0) is 38.0 Å². The standard InChI is InChI=1S/C55H86O15/c1-3-5-7-9-11-13-15-17-19-20-21-22-24-26-28-30-32-34-36-38-47(58)68-43(40-65-46(57)37-35-33-31-29-27-25-23-18-16-14-12-10-8-6-4-2)41-66-54-53(64)51(62)49(60)45(70-54)42-67-55-52(63)50(61)48(59)44(39-56)69-55/h6,8,11-14,17-19,21-23,26-29,32,34,43-45,48-56,59-64H,3-5,7,9-10,15-16,20,24-25,30-31,33,35-42H2,1-2H3/b8-6+,13-11+,14-12+,19-17+,22-21+,23-18+,28-26+,29-27+,34-32+/t43-,44+,45+,48-,49-,50?,51?,52?,53?,54+,55+/m1/s1. The highest BCUT2D eigenvalue weighted by Gasteiger charge is 2.47. The topological polar surface area (TPSA) is 231 Å². The number of carbonyl (C=O) groups excluding carboxylic acids is 2. The van der Waals surface area contributed by atoms with Gasteiger partial charge in [0.2, 0.25) is 0 Å². The number of allylic oxidation sites excluding steroid dienone is 18. The zero-order valence-corrected chi connectivity index (χ0v) is 41.7. The number of esters is 2. The quantitative estimate of drug-likeness (QED) is 0.0186. The van der Waals surface area contributed by atoms with Gasteiger partial charge in [0.15, 0.2) is 18.7 Å². The molecule has 2 fully saturated rings. The van der Waals surface area contributed by atoms with Gasteiger partial charge < -0.3 is 64.2 Å². The Morgan fingerprint density at radius 1 is 0.471 bits per heavy atom. The SMILES string of the molecule is CC/C=C/C/C=C/C/C=C/C/C=C/CCCCC(=O)OC[C@H](CO[C@H]1O[C@@H](CO[C@H]2O[C@@H](CO)[C@@H](O)C(O)C2O)[C@@H](O)C(O)C1O)OC(=O)CC/C=C/C/C=C/C/C=C/C/C=C/C/C=C/CCCCC. The highest BCUT2D eigenvalue weighted by atomic mass is 16.7. The molecule has 11 atom stereocenters. The van der Waals surface area contributed by atoms with Crippen LogP contribution in [0.5, 0.6) is 0 Å². The van der Waals surface area contributed by atoms with E-state index < -0.39 is 99.3 Å². The van der Waals surface area contributed by atoms with Crippen molar-refractivity contribution in [1.82, 2.24) is 0 Å². The Hall–Kier alpha value is -3.84. The third kappa shape index (κ3) is 28.3. The summed E-state index contributed by atoms with van der Waals surface area (Å²) in [7, 11) is 0. The van der Waals surface area contributed by atoms with Crippen LogP contribution in [-0.4, -0.2) is 142 Å². The summed E-state index contributed by atoms with van der Waals surface area (Å²) in [4.78, 5) is 25.7. The summed E-state index contributed by atoms with van der Waals surface area (Å²) in [5, 5.41) is 72.1. The molecule has 0 radical (unpaired) electrons. The molecule has 2 aliphatic heterocycles. The molecule has 0 bridgehead atoms. The third-order valence-electron chi connectivity index (χ3n) is 11.2. The second-order valence-corrected chi connectivity index (χ2v) is 17.3. The number of carbonyl (C=O) groups is 2. The van der Waals surface area contributed by atoms with Crippen molar-refractivity contribution in [3.63, 3.8) is 0 Å². The van der Waals surface area contributed by atoms with Gasteiger partial charge >= 0.3 is 11.9 Å². The van der Waals surface area contributed by atoms with Crippen LogP contribution >= 0.6 is 0 Å². The number of aliphatic hydroxyl groups excluding tert-OH is 7. The van der Waals surface area contributed by atoms with Crippen LogP contribution < -0.4 is 0 Å². The predicted octanol–water partition coefficient (Wildman–Crippen LogP) is 7.15. The summed E-state index contributed by atoms with van der Waals surface area (Å²) in [6, 6.07) is 0. The van der Waals surface area contributed by atoms with E-state index in [-0.39, 0.29) is 19.4 Å². The first-order chi connectivity index (χ1) is 34.0. The molecule has 2 rings (SSSR count). The molecule has 2 saturated heterocycles. The Morgan fingerprint density at radius 3 is 1.41 bits per heavy atom. The predicted molar refractivity (Wildman–Crippen MR) is 270 cm³/mol. The Bertz CT molecular complexity index is 1630. The summed E-state index contributed by atoms with van der Waals surface area (Å²) in [5.74, 6) is -1.08. The number of rotatable bonds is 37. The van der Waals surface area contributed by atoms with Crippen molar-refractivity contribution in [2.24, 2.45) is 0 Å². The molecule has 0 aliphatic carbocycles. The molecular weight excluding hydrogens is 901 g/mol. The molecule has 2 aliphatic rings. The molecule has 0 spiro atoms. The van der Waals surface area contributed by atoms with E-state index in [2.05, 4.69) is 105 Å². The summed E-state index contributed by atoms with van der Waals surface area (Å²) in [6.45, 7) is 2.29. The van der Waals surface area contributed by atoms with Gasteiger partial charge in [0.25, 0.3) is 0 Å². The second kappa shape index (κ2) is 40.7. The van der Waals surface area contributed by atoms with Gasteiger partial charge in [-0.2, -0.15) is 0 Å². The van der Waals surface area contributed by atoms with Gasteiger partial charge in [-0.1, -0.05) is 136 Å². The van der Waals surface area contributed by atoms with Crippen molar-refractivity contribution in [3.05, 3.63) is 109 Å². The molecule has 0 aromatic heterocycles. The number of unbranched alkanes of at least 4 members (excludes halogenated alkanes) is 5.